The van der Waals surface area contributed by atoms with E-state index in [1.54, 1.807) is 0 Å². The Kier molecular flexibility index (Phi) is 6.71. The Labute approximate surface area is 135 Å². The molecule has 124 valence electrons. The first kappa shape index (κ1) is 17.3. The fourth-order valence-electron chi connectivity index (χ4n) is 3.55. The molecule has 0 amide bonds. The molecule has 1 unspecified atom stereocenters. The van der Waals surface area contributed by atoms with Crippen molar-refractivity contribution in [2.45, 2.75) is 71.1 Å². The number of ether oxygens (including phenoxy) is 1. The summed E-state index contributed by atoms with van der Waals surface area (Å²) < 4.78 is 5.75. The molecule has 2 N–H and O–H groups in total. The number of hydrogen-bond donors (Lipinski definition) is 2. The van der Waals surface area contributed by atoms with Gasteiger partial charge in [0, 0.05) is 0 Å². The zero-order chi connectivity index (χ0) is 15.9. The molecule has 2 rings (SSSR count). The Balaban J connectivity index is 1.78. The highest BCUT2D eigenvalue weighted by Crippen LogP contribution is 2.13. The van der Waals surface area contributed by atoms with E-state index in [0.717, 1.165) is 25.1 Å². The number of quaternary nitrogens is 1. The van der Waals surface area contributed by atoms with Crippen LogP contribution in [0.3, 0.4) is 0 Å². The predicted molar refractivity (Wildman–Crippen MR) is 90.5 cm³/mol. The van der Waals surface area contributed by atoms with Gasteiger partial charge in [-0.3, -0.25) is 0 Å². The lowest BCUT2D eigenvalue weighted by Crippen LogP contribution is -3.20. The maximum Gasteiger partial charge on any atom is 0.137 e. The smallest absolute Gasteiger partial charge is 0.137 e. The zero-order valence-electron chi connectivity index (χ0n) is 14.3. The van der Waals surface area contributed by atoms with Crippen molar-refractivity contribution in [3.63, 3.8) is 0 Å². The highest BCUT2D eigenvalue weighted by molar-refractivity contribution is 5.27. The van der Waals surface area contributed by atoms with Crippen LogP contribution in [0.25, 0.3) is 0 Å². The topological polar surface area (TPSA) is 33.9 Å². The predicted octanol–water partition coefficient (Wildman–Crippen LogP) is 2.22. The minimum Gasteiger partial charge on any atom is -0.491 e. The molecule has 4 atom stereocenters. The molecule has 1 saturated heterocycles. The number of benzene rings is 1. The summed E-state index contributed by atoms with van der Waals surface area (Å²) in [5, 5.41) is 10.3. The summed E-state index contributed by atoms with van der Waals surface area (Å²) in [5.41, 5.74) is 1.34. The largest absolute Gasteiger partial charge is 0.491 e. The van der Waals surface area contributed by atoms with Crippen LogP contribution in [0.4, 0.5) is 0 Å². The number of nitrogens with one attached hydrogen (secondary N) is 1. The molecule has 3 heteroatoms. The minimum atomic E-state index is -0.395. The fourth-order valence-corrected chi connectivity index (χ4v) is 3.55. The van der Waals surface area contributed by atoms with Crippen molar-refractivity contribution in [3.8, 4) is 5.75 Å². The fraction of sp³-hybridized carbons (Fsp3) is 0.684. The summed E-state index contributed by atoms with van der Waals surface area (Å²) in [4.78, 5) is 1.53. The molecule has 0 spiro atoms. The molecular weight excluding hydrogens is 274 g/mol. The maximum absolute atomic E-state index is 10.3. The molecule has 1 aliphatic heterocycles. The summed E-state index contributed by atoms with van der Waals surface area (Å²) >= 11 is 0. The number of aliphatic hydroxyl groups excluding tert-OH is 1. The molecular formula is C19H32NO2+. The lowest BCUT2D eigenvalue weighted by molar-refractivity contribution is -0.954. The number of aryl methyl sites for hydroxylation is 1. The van der Waals surface area contributed by atoms with Gasteiger partial charge in [0.1, 0.15) is 25.0 Å². The molecule has 0 aromatic heterocycles. The van der Waals surface area contributed by atoms with Crippen molar-refractivity contribution in [3.05, 3.63) is 29.8 Å². The van der Waals surface area contributed by atoms with E-state index in [0.29, 0.717) is 18.7 Å². The maximum atomic E-state index is 10.3. The van der Waals surface area contributed by atoms with Crippen LogP contribution in [0.2, 0.25) is 0 Å². The van der Waals surface area contributed by atoms with Crippen LogP contribution in [-0.4, -0.2) is 36.4 Å². The third kappa shape index (κ3) is 4.99. The van der Waals surface area contributed by atoms with Gasteiger partial charge in [-0.25, -0.2) is 0 Å². The molecule has 0 saturated carbocycles. The number of piperidine rings is 1. The first-order valence-corrected chi connectivity index (χ1v) is 8.85. The molecule has 1 heterocycles. The van der Waals surface area contributed by atoms with Gasteiger partial charge in [0.25, 0.3) is 0 Å². The van der Waals surface area contributed by atoms with Crippen molar-refractivity contribution >= 4 is 0 Å². The molecule has 1 fully saturated rings. The highest BCUT2D eigenvalue weighted by atomic mass is 16.5. The SMILES string of the molecule is CCCc1ccc(OC[C@H](O)C[NH+]2[C@H](C)CCC[C@@H]2C)cc1. The van der Waals surface area contributed by atoms with E-state index >= 15 is 0 Å². The van der Waals surface area contributed by atoms with Crippen molar-refractivity contribution in [2.24, 2.45) is 0 Å². The zero-order valence-corrected chi connectivity index (χ0v) is 14.3. The van der Waals surface area contributed by atoms with Gasteiger partial charge >= 0.3 is 0 Å². The molecule has 1 aromatic rings. The Hall–Kier alpha value is -1.06. The third-order valence-corrected chi connectivity index (χ3v) is 4.92. The van der Waals surface area contributed by atoms with E-state index in [2.05, 4.69) is 32.9 Å². The second kappa shape index (κ2) is 8.54. The molecule has 0 bridgehead atoms. The second-order valence-electron chi connectivity index (χ2n) is 6.87. The van der Waals surface area contributed by atoms with E-state index in [9.17, 15) is 5.11 Å². The summed E-state index contributed by atoms with van der Waals surface area (Å²) in [6.07, 6.45) is 5.74. The lowest BCUT2D eigenvalue weighted by atomic mass is 9.97. The molecule has 0 radical (unpaired) electrons. The molecule has 0 aliphatic carbocycles. The van der Waals surface area contributed by atoms with Gasteiger partial charge in [0.2, 0.25) is 0 Å². The lowest BCUT2D eigenvalue weighted by Gasteiger charge is -2.36. The van der Waals surface area contributed by atoms with E-state index in [1.165, 1.54) is 29.7 Å². The summed E-state index contributed by atoms with van der Waals surface area (Å²) in [5.74, 6) is 0.855. The van der Waals surface area contributed by atoms with E-state index in [4.69, 9.17) is 4.74 Å². The standard InChI is InChI=1S/C19H31NO2/c1-4-6-17-9-11-19(12-10-17)22-14-18(21)13-20-15(2)7-5-8-16(20)3/h9-12,15-16,18,21H,4-8,13-14H2,1-3H3/p+1/t15-,16+,18-/m1/s1. The van der Waals surface area contributed by atoms with Crippen molar-refractivity contribution < 1.29 is 14.7 Å². The van der Waals surface area contributed by atoms with Gasteiger partial charge in [0.15, 0.2) is 0 Å². The quantitative estimate of drug-likeness (QED) is 0.810. The van der Waals surface area contributed by atoms with E-state index in [-0.39, 0.29) is 0 Å². The normalized spacial score (nSPS) is 26.6. The average Bonchev–Trinajstić information content (AvgIpc) is 2.51. The summed E-state index contributed by atoms with van der Waals surface area (Å²) in [6.45, 7) is 7.95. The van der Waals surface area contributed by atoms with Gasteiger partial charge in [0.05, 0.1) is 12.1 Å². The van der Waals surface area contributed by atoms with Gasteiger partial charge < -0.3 is 14.7 Å². The summed E-state index contributed by atoms with van der Waals surface area (Å²) in [6, 6.07) is 9.54. The minimum absolute atomic E-state index is 0.385. The van der Waals surface area contributed by atoms with Crippen LogP contribution < -0.4 is 9.64 Å². The van der Waals surface area contributed by atoms with E-state index in [1.807, 2.05) is 12.1 Å². The van der Waals surface area contributed by atoms with Crippen LogP contribution in [0.1, 0.15) is 52.0 Å². The van der Waals surface area contributed by atoms with Crippen molar-refractivity contribution in [1.29, 1.82) is 0 Å². The number of rotatable bonds is 7. The second-order valence-corrected chi connectivity index (χ2v) is 6.87. The van der Waals surface area contributed by atoms with Crippen molar-refractivity contribution in [2.75, 3.05) is 13.2 Å². The Morgan fingerprint density at radius 3 is 2.41 bits per heavy atom. The number of likely N-dealkylation sites (tertiary alicyclic amines) is 1. The first-order chi connectivity index (χ1) is 10.6. The molecule has 1 aromatic carbocycles. The first-order valence-electron chi connectivity index (χ1n) is 8.85. The van der Waals surface area contributed by atoms with E-state index < -0.39 is 6.10 Å². The number of hydrogen-bond acceptors (Lipinski definition) is 2. The Bertz CT molecular complexity index is 422. The van der Waals surface area contributed by atoms with Crippen LogP contribution >= 0.6 is 0 Å². The van der Waals surface area contributed by atoms with Gasteiger partial charge in [-0.15, -0.1) is 0 Å². The Morgan fingerprint density at radius 1 is 1.18 bits per heavy atom. The molecule has 22 heavy (non-hydrogen) atoms. The molecule has 3 nitrogen and oxygen atoms in total. The van der Waals surface area contributed by atoms with Gasteiger partial charge in [-0.2, -0.15) is 0 Å². The van der Waals surface area contributed by atoms with Crippen LogP contribution in [0.5, 0.6) is 5.75 Å². The number of aliphatic hydroxyl groups is 1. The van der Waals surface area contributed by atoms with Crippen LogP contribution in [0, 0.1) is 0 Å². The third-order valence-electron chi connectivity index (χ3n) is 4.92. The van der Waals surface area contributed by atoms with Gasteiger partial charge in [-0.05, 0) is 57.2 Å². The highest BCUT2D eigenvalue weighted by Gasteiger charge is 2.30. The Morgan fingerprint density at radius 2 is 1.82 bits per heavy atom. The average molecular weight is 306 g/mol. The van der Waals surface area contributed by atoms with Crippen molar-refractivity contribution in [1.82, 2.24) is 0 Å². The monoisotopic (exact) mass is 306 g/mol. The van der Waals surface area contributed by atoms with Crippen LogP contribution in [0.15, 0.2) is 24.3 Å². The summed E-state index contributed by atoms with van der Waals surface area (Å²) in [7, 11) is 0. The van der Waals surface area contributed by atoms with Gasteiger partial charge in [-0.1, -0.05) is 25.5 Å². The molecule has 1 aliphatic rings. The van der Waals surface area contributed by atoms with Crippen LogP contribution in [-0.2, 0) is 6.42 Å².